The van der Waals surface area contributed by atoms with Crippen LogP contribution in [0, 0.1) is 0 Å². The van der Waals surface area contributed by atoms with Gasteiger partial charge in [0.2, 0.25) is 5.91 Å². The molecule has 1 aromatic heterocycles. The van der Waals surface area contributed by atoms with E-state index in [-0.39, 0.29) is 5.91 Å². The van der Waals surface area contributed by atoms with Crippen LogP contribution in [0.2, 0.25) is 0 Å². The Bertz CT molecular complexity index is 1430. The zero-order chi connectivity index (χ0) is 23.9. The van der Waals surface area contributed by atoms with Crippen molar-refractivity contribution in [3.63, 3.8) is 0 Å². The zero-order valence-electron chi connectivity index (χ0n) is 19.7. The lowest BCUT2D eigenvalue weighted by Crippen LogP contribution is -2.28. The summed E-state index contributed by atoms with van der Waals surface area (Å²) in [6, 6.07) is 32.5. The minimum Gasteiger partial charge on any atom is -0.494 e. The van der Waals surface area contributed by atoms with Crippen LogP contribution in [0.25, 0.3) is 21.8 Å². The molecule has 1 N–H and O–H groups in total. The fourth-order valence-corrected chi connectivity index (χ4v) is 4.39. The van der Waals surface area contributed by atoms with Crippen LogP contribution in [0.3, 0.4) is 0 Å². The number of hydrogen-bond acceptors (Lipinski definition) is 3. The molecule has 0 fully saturated rings. The van der Waals surface area contributed by atoms with E-state index < -0.39 is 0 Å². The molecule has 5 heteroatoms. The Balaban J connectivity index is 1.18. The summed E-state index contributed by atoms with van der Waals surface area (Å²) in [6.45, 7) is 1.99. The second kappa shape index (κ2) is 10.9. The molecule has 0 aliphatic rings. The average Bonchev–Trinajstić information content (AvgIpc) is 3.24. The maximum Gasteiger partial charge on any atom is 0.224 e. The third-order valence-corrected chi connectivity index (χ3v) is 6.13. The summed E-state index contributed by atoms with van der Waals surface area (Å²) >= 11 is 0. The van der Waals surface area contributed by atoms with Crippen molar-refractivity contribution in [3.8, 4) is 5.75 Å². The van der Waals surface area contributed by atoms with Gasteiger partial charge >= 0.3 is 0 Å². The fraction of sp³-hybridized carbons (Fsp3) is 0.200. The van der Waals surface area contributed by atoms with Gasteiger partial charge in [-0.15, -0.1) is 0 Å². The Labute approximate surface area is 205 Å². The molecule has 0 saturated carbocycles. The Kier molecular flexibility index (Phi) is 7.04. The molecule has 176 valence electrons. The SMILES string of the molecule is O=C(Cc1ccccc1)NCCc1nc2ccccc2n1CCCOc1ccc2ccccc2c1. The van der Waals surface area contributed by atoms with E-state index in [4.69, 9.17) is 9.72 Å². The van der Waals surface area contributed by atoms with Gasteiger partial charge in [-0.05, 0) is 47.0 Å². The molecule has 35 heavy (non-hydrogen) atoms. The molecular weight excluding hydrogens is 434 g/mol. The first-order chi connectivity index (χ1) is 17.3. The quantitative estimate of drug-likeness (QED) is 0.276. The Morgan fingerprint density at radius 2 is 1.63 bits per heavy atom. The molecule has 0 bridgehead atoms. The molecule has 5 aromatic rings. The number of nitrogens with one attached hydrogen (secondary N) is 1. The lowest BCUT2D eigenvalue weighted by molar-refractivity contribution is -0.120. The van der Waals surface area contributed by atoms with E-state index in [0.29, 0.717) is 26.0 Å². The predicted octanol–water partition coefficient (Wildman–Crippen LogP) is 5.56. The van der Waals surface area contributed by atoms with Crippen LogP contribution in [0.5, 0.6) is 5.75 Å². The van der Waals surface area contributed by atoms with Gasteiger partial charge < -0.3 is 14.6 Å². The van der Waals surface area contributed by atoms with Gasteiger partial charge in [0.05, 0.1) is 24.1 Å². The Morgan fingerprint density at radius 3 is 2.51 bits per heavy atom. The summed E-state index contributed by atoms with van der Waals surface area (Å²) < 4.78 is 8.30. The fourth-order valence-electron chi connectivity index (χ4n) is 4.39. The largest absolute Gasteiger partial charge is 0.494 e. The van der Waals surface area contributed by atoms with Gasteiger partial charge in [0, 0.05) is 19.5 Å². The maximum atomic E-state index is 12.3. The van der Waals surface area contributed by atoms with Crippen molar-refractivity contribution in [1.29, 1.82) is 0 Å². The number of para-hydroxylation sites is 2. The van der Waals surface area contributed by atoms with E-state index >= 15 is 0 Å². The van der Waals surface area contributed by atoms with E-state index in [0.717, 1.165) is 41.1 Å². The van der Waals surface area contributed by atoms with Crippen molar-refractivity contribution in [2.24, 2.45) is 0 Å². The molecule has 0 atom stereocenters. The van der Waals surface area contributed by atoms with Crippen LogP contribution in [-0.2, 0) is 24.2 Å². The highest BCUT2D eigenvalue weighted by Gasteiger charge is 2.11. The van der Waals surface area contributed by atoms with Gasteiger partial charge in [0.25, 0.3) is 0 Å². The summed E-state index contributed by atoms with van der Waals surface area (Å²) in [5.41, 5.74) is 3.11. The molecule has 1 amide bonds. The summed E-state index contributed by atoms with van der Waals surface area (Å²) in [7, 11) is 0. The summed E-state index contributed by atoms with van der Waals surface area (Å²) in [4.78, 5) is 17.2. The van der Waals surface area contributed by atoms with Crippen LogP contribution >= 0.6 is 0 Å². The smallest absolute Gasteiger partial charge is 0.224 e. The van der Waals surface area contributed by atoms with Crippen molar-refractivity contribution in [2.75, 3.05) is 13.2 Å². The molecule has 4 aromatic carbocycles. The second-order valence-electron chi connectivity index (χ2n) is 8.64. The van der Waals surface area contributed by atoms with Gasteiger partial charge in [-0.2, -0.15) is 0 Å². The van der Waals surface area contributed by atoms with Crippen molar-refractivity contribution >= 4 is 27.7 Å². The van der Waals surface area contributed by atoms with Crippen molar-refractivity contribution in [2.45, 2.75) is 25.8 Å². The van der Waals surface area contributed by atoms with E-state index in [9.17, 15) is 4.79 Å². The highest BCUT2D eigenvalue weighted by molar-refractivity contribution is 5.83. The molecule has 0 unspecified atom stereocenters. The lowest BCUT2D eigenvalue weighted by atomic mass is 10.1. The number of aryl methyl sites for hydroxylation is 1. The van der Waals surface area contributed by atoms with Gasteiger partial charge in [-0.25, -0.2) is 4.98 Å². The molecular formula is C30H29N3O2. The second-order valence-corrected chi connectivity index (χ2v) is 8.64. The normalized spacial score (nSPS) is 11.1. The number of carbonyl (C=O) groups excluding carboxylic acids is 1. The minimum absolute atomic E-state index is 0.0302. The topological polar surface area (TPSA) is 56.2 Å². The van der Waals surface area contributed by atoms with Gasteiger partial charge in [-0.1, -0.05) is 72.8 Å². The summed E-state index contributed by atoms with van der Waals surface area (Å²) in [6.07, 6.45) is 1.94. The lowest BCUT2D eigenvalue weighted by Gasteiger charge is -2.11. The Hall–Kier alpha value is -4.12. The molecule has 0 radical (unpaired) electrons. The van der Waals surface area contributed by atoms with Crippen LogP contribution < -0.4 is 10.1 Å². The number of amides is 1. The number of ether oxygens (including phenoxy) is 1. The third-order valence-electron chi connectivity index (χ3n) is 6.13. The number of fused-ring (bicyclic) bond motifs is 2. The van der Waals surface area contributed by atoms with E-state index in [2.05, 4.69) is 40.2 Å². The zero-order valence-corrected chi connectivity index (χ0v) is 19.7. The van der Waals surface area contributed by atoms with Gasteiger partial charge in [-0.3, -0.25) is 4.79 Å². The molecule has 5 nitrogen and oxygen atoms in total. The first-order valence-corrected chi connectivity index (χ1v) is 12.1. The molecule has 1 heterocycles. The molecule has 0 aliphatic carbocycles. The number of carbonyl (C=O) groups is 1. The van der Waals surface area contributed by atoms with Crippen LogP contribution in [0.15, 0.2) is 97.1 Å². The van der Waals surface area contributed by atoms with Crippen LogP contribution in [0.1, 0.15) is 17.8 Å². The minimum atomic E-state index is 0.0302. The molecule has 0 saturated heterocycles. The monoisotopic (exact) mass is 463 g/mol. The third kappa shape index (κ3) is 5.69. The van der Waals surface area contributed by atoms with E-state index in [1.807, 2.05) is 66.7 Å². The number of rotatable bonds is 10. The maximum absolute atomic E-state index is 12.3. The van der Waals surface area contributed by atoms with Crippen molar-refractivity contribution < 1.29 is 9.53 Å². The van der Waals surface area contributed by atoms with Crippen molar-refractivity contribution in [3.05, 3.63) is 108 Å². The van der Waals surface area contributed by atoms with Gasteiger partial charge in [0.1, 0.15) is 11.6 Å². The van der Waals surface area contributed by atoms with Crippen molar-refractivity contribution in [1.82, 2.24) is 14.9 Å². The highest BCUT2D eigenvalue weighted by Crippen LogP contribution is 2.21. The molecule has 0 aliphatic heterocycles. The first-order valence-electron chi connectivity index (χ1n) is 12.1. The van der Waals surface area contributed by atoms with E-state index in [1.165, 1.54) is 10.8 Å². The van der Waals surface area contributed by atoms with Gasteiger partial charge in [0.15, 0.2) is 0 Å². The molecule has 0 spiro atoms. The van der Waals surface area contributed by atoms with E-state index in [1.54, 1.807) is 0 Å². The standard InChI is InChI=1S/C30H29N3O2/c34-30(21-23-9-2-1-3-10-23)31-18-17-29-32-27-13-6-7-14-28(27)33(29)19-8-20-35-26-16-15-24-11-4-5-12-25(24)22-26/h1-7,9-16,22H,8,17-21H2,(H,31,34). The van der Waals surface area contributed by atoms with Crippen LogP contribution in [-0.4, -0.2) is 28.6 Å². The average molecular weight is 464 g/mol. The highest BCUT2D eigenvalue weighted by atomic mass is 16.5. The Morgan fingerprint density at radius 1 is 0.857 bits per heavy atom. The predicted molar refractivity (Wildman–Crippen MR) is 141 cm³/mol. The first kappa shape index (κ1) is 22.7. The summed E-state index contributed by atoms with van der Waals surface area (Å²) in [5.74, 6) is 1.90. The summed E-state index contributed by atoms with van der Waals surface area (Å²) in [5, 5.41) is 5.43. The molecule has 5 rings (SSSR count). The number of aromatic nitrogens is 2. The number of benzene rings is 4. The number of imidazole rings is 1. The number of hydrogen-bond donors (Lipinski definition) is 1. The number of nitrogens with zero attached hydrogens (tertiary/aromatic N) is 2. The van der Waals surface area contributed by atoms with Crippen LogP contribution in [0.4, 0.5) is 0 Å².